The van der Waals surface area contributed by atoms with Crippen molar-refractivity contribution in [1.82, 2.24) is 5.32 Å². The lowest BCUT2D eigenvalue weighted by atomic mass is 10.1. The predicted octanol–water partition coefficient (Wildman–Crippen LogP) is 2.66. The van der Waals surface area contributed by atoms with Crippen LogP contribution in [-0.4, -0.2) is 24.0 Å². The number of esters is 1. The maximum Gasteiger partial charge on any atom is 0.306 e. The summed E-state index contributed by atoms with van der Waals surface area (Å²) >= 11 is 0. The van der Waals surface area contributed by atoms with Gasteiger partial charge in [0.05, 0.1) is 6.42 Å². The van der Waals surface area contributed by atoms with E-state index in [0.717, 1.165) is 12.5 Å². The van der Waals surface area contributed by atoms with Crippen LogP contribution in [0, 0.1) is 11.8 Å². The van der Waals surface area contributed by atoms with Crippen LogP contribution in [0.15, 0.2) is 0 Å². The molecule has 2 unspecified atom stereocenters. The maximum absolute atomic E-state index is 11.6. The summed E-state index contributed by atoms with van der Waals surface area (Å²) in [7, 11) is 0. The van der Waals surface area contributed by atoms with Gasteiger partial charge in [-0.15, -0.1) is 0 Å². The number of hydrogen-bond acceptors (Lipinski definition) is 3. The van der Waals surface area contributed by atoms with E-state index in [1.165, 1.54) is 19.3 Å². The molecule has 1 N–H and O–H groups in total. The second kappa shape index (κ2) is 6.92. The van der Waals surface area contributed by atoms with Gasteiger partial charge in [0.15, 0.2) is 0 Å². The number of hydrogen-bond donors (Lipinski definition) is 1. The summed E-state index contributed by atoms with van der Waals surface area (Å²) in [5, 5.41) is 2.92. The zero-order chi connectivity index (χ0) is 14.5. The van der Waals surface area contributed by atoms with Gasteiger partial charge in [0.25, 0.3) is 0 Å². The minimum Gasteiger partial charge on any atom is -0.460 e. The van der Waals surface area contributed by atoms with Crippen LogP contribution in [0.25, 0.3) is 0 Å². The lowest BCUT2D eigenvalue weighted by molar-refractivity contribution is -0.155. The summed E-state index contributed by atoms with van der Waals surface area (Å²) in [5.74, 6) is 1.03. The highest BCUT2D eigenvalue weighted by molar-refractivity contribution is 5.81. The number of nitrogens with one attached hydrogen (secondary N) is 1. The Morgan fingerprint density at radius 1 is 1.21 bits per heavy atom. The minimum atomic E-state index is -0.479. The van der Waals surface area contributed by atoms with Crippen molar-refractivity contribution < 1.29 is 14.3 Å². The van der Waals surface area contributed by atoms with Crippen LogP contribution >= 0.6 is 0 Å². The lowest BCUT2D eigenvalue weighted by Gasteiger charge is -2.19. The Kier molecular flexibility index (Phi) is 5.83. The molecule has 0 aromatic rings. The zero-order valence-electron chi connectivity index (χ0n) is 12.6. The SMILES string of the molecule is CC1CCC(CNC(=O)CCC(=O)OC(C)(C)C)C1. The van der Waals surface area contributed by atoms with E-state index in [0.29, 0.717) is 5.92 Å². The first-order valence-corrected chi connectivity index (χ1v) is 7.25. The van der Waals surface area contributed by atoms with E-state index in [1.54, 1.807) is 0 Å². The Balaban J connectivity index is 2.12. The van der Waals surface area contributed by atoms with E-state index < -0.39 is 5.60 Å². The third-order valence-electron chi connectivity index (χ3n) is 3.37. The van der Waals surface area contributed by atoms with Gasteiger partial charge < -0.3 is 10.1 Å². The molecule has 1 rings (SSSR count). The van der Waals surface area contributed by atoms with Crippen molar-refractivity contribution in [2.45, 2.75) is 65.4 Å². The van der Waals surface area contributed by atoms with Gasteiger partial charge in [0, 0.05) is 13.0 Å². The zero-order valence-corrected chi connectivity index (χ0v) is 12.6. The molecule has 19 heavy (non-hydrogen) atoms. The monoisotopic (exact) mass is 269 g/mol. The molecule has 1 aliphatic carbocycles. The first-order valence-electron chi connectivity index (χ1n) is 7.25. The number of amides is 1. The van der Waals surface area contributed by atoms with E-state index in [4.69, 9.17) is 4.74 Å². The average Bonchev–Trinajstić information content (AvgIpc) is 2.67. The fourth-order valence-electron chi connectivity index (χ4n) is 2.47. The third-order valence-corrected chi connectivity index (χ3v) is 3.37. The number of ether oxygens (including phenoxy) is 1. The quantitative estimate of drug-likeness (QED) is 0.781. The summed E-state index contributed by atoms with van der Waals surface area (Å²) in [4.78, 5) is 23.1. The molecule has 0 aliphatic heterocycles. The maximum atomic E-state index is 11.6. The summed E-state index contributed by atoms with van der Waals surface area (Å²) < 4.78 is 5.16. The summed E-state index contributed by atoms with van der Waals surface area (Å²) in [6, 6.07) is 0. The molecular weight excluding hydrogens is 242 g/mol. The van der Waals surface area contributed by atoms with Crippen molar-refractivity contribution in [3.8, 4) is 0 Å². The van der Waals surface area contributed by atoms with Crippen molar-refractivity contribution >= 4 is 11.9 Å². The third kappa shape index (κ3) is 7.19. The van der Waals surface area contributed by atoms with Gasteiger partial charge in [-0.25, -0.2) is 0 Å². The van der Waals surface area contributed by atoms with Crippen LogP contribution in [0.3, 0.4) is 0 Å². The molecule has 0 aromatic carbocycles. The van der Waals surface area contributed by atoms with Crippen molar-refractivity contribution in [2.24, 2.45) is 11.8 Å². The highest BCUT2D eigenvalue weighted by atomic mass is 16.6. The highest BCUT2D eigenvalue weighted by Gasteiger charge is 2.22. The van der Waals surface area contributed by atoms with Gasteiger partial charge in [-0.05, 0) is 45.4 Å². The van der Waals surface area contributed by atoms with Crippen LogP contribution in [-0.2, 0) is 14.3 Å². The van der Waals surface area contributed by atoms with E-state index in [1.807, 2.05) is 20.8 Å². The van der Waals surface area contributed by atoms with Crippen LogP contribution in [0.5, 0.6) is 0 Å². The number of carbonyl (C=O) groups excluding carboxylic acids is 2. The van der Waals surface area contributed by atoms with Crippen molar-refractivity contribution in [1.29, 1.82) is 0 Å². The van der Waals surface area contributed by atoms with Gasteiger partial charge in [-0.2, -0.15) is 0 Å². The molecule has 0 bridgehead atoms. The standard InChI is InChI=1S/C15H27NO3/c1-11-5-6-12(9-11)10-16-13(17)7-8-14(18)19-15(2,3)4/h11-12H,5-10H2,1-4H3,(H,16,17). The molecular formula is C15H27NO3. The Morgan fingerprint density at radius 3 is 2.42 bits per heavy atom. The van der Waals surface area contributed by atoms with E-state index in [9.17, 15) is 9.59 Å². The number of carbonyl (C=O) groups is 2. The predicted molar refractivity (Wildman–Crippen MR) is 74.6 cm³/mol. The van der Waals surface area contributed by atoms with Crippen molar-refractivity contribution in [3.05, 3.63) is 0 Å². The fraction of sp³-hybridized carbons (Fsp3) is 0.867. The Morgan fingerprint density at radius 2 is 1.89 bits per heavy atom. The average molecular weight is 269 g/mol. The molecule has 4 nitrogen and oxygen atoms in total. The van der Waals surface area contributed by atoms with Crippen LogP contribution in [0.1, 0.15) is 59.8 Å². The van der Waals surface area contributed by atoms with Gasteiger partial charge in [-0.3, -0.25) is 9.59 Å². The van der Waals surface area contributed by atoms with Crippen LogP contribution in [0.4, 0.5) is 0 Å². The van der Waals surface area contributed by atoms with Crippen molar-refractivity contribution in [2.75, 3.05) is 6.54 Å². The van der Waals surface area contributed by atoms with Crippen molar-refractivity contribution in [3.63, 3.8) is 0 Å². The molecule has 0 saturated heterocycles. The Hall–Kier alpha value is -1.06. The summed E-state index contributed by atoms with van der Waals surface area (Å²) in [6.07, 6.45) is 4.04. The van der Waals surface area contributed by atoms with E-state index >= 15 is 0 Å². The molecule has 1 fully saturated rings. The molecule has 1 saturated carbocycles. The van der Waals surface area contributed by atoms with E-state index in [2.05, 4.69) is 12.2 Å². The molecule has 1 aliphatic rings. The molecule has 1 amide bonds. The second-order valence-electron chi connectivity index (χ2n) is 6.67. The lowest BCUT2D eigenvalue weighted by Crippen LogP contribution is -2.30. The normalized spacial score (nSPS) is 23.2. The molecule has 2 atom stereocenters. The van der Waals surface area contributed by atoms with Gasteiger partial charge in [0.2, 0.25) is 5.91 Å². The molecule has 0 radical (unpaired) electrons. The Bertz CT molecular complexity index is 320. The van der Waals surface area contributed by atoms with Gasteiger partial charge in [-0.1, -0.05) is 13.3 Å². The van der Waals surface area contributed by atoms with Gasteiger partial charge >= 0.3 is 5.97 Å². The number of rotatable bonds is 5. The van der Waals surface area contributed by atoms with E-state index in [-0.39, 0.29) is 24.7 Å². The second-order valence-corrected chi connectivity index (χ2v) is 6.67. The summed E-state index contributed by atoms with van der Waals surface area (Å²) in [5.41, 5.74) is -0.479. The summed E-state index contributed by atoms with van der Waals surface area (Å²) in [6.45, 7) is 8.48. The molecule has 0 spiro atoms. The van der Waals surface area contributed by atoms with Crippen LogP contribution in [0.2, 0.25) is 0 Å². The first-order chi connectivity index (χ1) is 8.76. The largest absolute Gasteiger partial charge is 0.460 e. The minimum absolute atomic E-state index is 0.0505. The van der Waals surface area contributed by atoms with Crippen LogP contribution < -0.4 is 5.32 Å². The molecule has 0 heterocycles. The highest BCUT2D eigenvalue weighted by Crippen LogP contribution is 2.29. The van der Waals surface area contributed by atoms with Gasteiger partial charge in [0.1, 0.15) is 5.60 Å². The smallest absolute Gasteiger partial charge is 0.306 e. The Labute approximate surface area is 116 Å². The molecule has 110 valence electrons. The molecule has 4 heteroatoms. The molecule has 0 aromatic heterocycles. The fourth-order valence-corrected chi connectivity index (χ4v) is 2.47. The topological polar surface area (TPSA) is 55.4 Å². The first kappa shape index (κ1) is 16.0.